The second kappa shape index (κ2) is 8.19. The molecule has 3 aromatic heterocycles. The maximum atomic E-state index is 14.2. The van der Waals surface area contributed by atoms with Gasteiger partial charge >= 0.3 is 6.18 Å². The normalized spacial score (nSPS) is 12.8. The number of hydrogen-bond acceptors (Lipinski definition) is 5. The van der Waals surface area contributed by atoms with Crippen molar-refractivity contribution in [3.63, 3.8) is 0 Å². The van der Waals surface area contributed by atoms with Gasteiger partial charge in [-0.15, -0.1) is 0 Å². The Bertz CT molecular complexity index is 1050. The molecular formula is C17H21ClF4N6O. The highest BCUT2D eigenvalue weighted by Crippen LogP contribution is 2.28. The number of aromatic amines is 1. The molecule has 3 N–H and O–H groups in total. The van der Waals surface area contributed by atoms with E-state index in [9.17, 15) is 22.4 Å². The standard InChI is InChI=1S/C17H15ClF4N6O.3H2/c1-2-12(16(29)26-7-17(20,21)22)27-15-11(19)6-25-14(28-15)10-5-24-13-9(10)3-8(18)4-23-13;;;/h3-6,12H,2,7H2,1H3,(H,23,24)(H,26,29)(H,25,27,28);3*1H/t12-;;;/m1.../s1. The molecule has 0 spiro atoms. The van der Waals surface area contributed by atoms with Crippen molar-refractivity contribution in [3.8, 4) is 11.4 Å². The molecule has 3 rings (SSSR count). The van der Waals surface area contributed by atoms with Crippen LogP contribution in [0.25, 0.3) is 22.4 Å². The fourth-order valence-electron chi connectivity index (χ4n) is 2.59. The summed E-state index contributed by atoms with van der Waals surface area (Å²) < 4.78 is 51.1. The zero-order valence-corrected chi connectivity index (χ0v) is 15.7. The van der Waals surface area contributed by atoms with Crippen LogP contribution in [0.2, 0.25) is 5.02 Å². The summed E-state index contributed by atoms with van der Waals surface area (Å²) >= 11 is 5.96. The number of anilines is 1. The number of carbonyl (C=O) groups excluding carboxylic acids is 1. The fourth-order valence-corrected chi connectivity index (χ4v) is 2.75. The molecule has 0 fully saturated rings. The minimum atomic E-state index is -4.55. The van der Waals surface area contributed by atoms with Crippen molar-refractivity contribution in [1.29, 1.82) is 0 Å². The predicted octanol–water partition coefficient (Wildman–Crippen LogP) is 4.42. The van der Waals surface area contributed by atoms with Crippen LogP contribution in [0, 0.1) is 5.82 Å². The monoisotopic (exact) mass is 436 g/mol. The highest BCUT2D eigenvalue weighted by atomic mass is 35.5. The molecule has 0 aliphatic carbocycles. The van der Waals surface area contributed by atoms with Gasteiger partial charge in [0.1, 0.15) is 18.2 Å². The summed E-state index contributed by atoms with van der Waals surface area (Å²) in [6.45, 7) is 0.0861. The summed E-state index contributed by atoms with van der Waals surface area (Å²) in [5.41, 5.74) is 1.01. The van der Waals surface area contributed by atoms with Crippen molar-refractivity contribution in [2.24, 2.45) is 0 Å². The van der Waals surface area contributed by atoms with Crippen molar-refractivity contribution in [2.45, 2.75) is 25.6 Å². The Hall–Kier alpha value is -2.95. The van der Waals surface area contributed by atoms with E-state index in [-0.39, 0.29) is 22.3 Å². The minimum absolute atomic E-state index is 0. The average molecular weight is 437 g/mol. The molecule has 0 aliphatic rings. The summed E-state index contributed by atoms with van der Waals surface area (Å²) in [6.07, 6.45) is -0.519. The van der Waals surface area contributed by atoms with E-state index in [2.05, 4.69) is 25.3 Å². The number of rotatable bonds is 6. The molecule has 1 amide bonds. The van der Waals surface area contributed by atoms with Crippen LogP contribution in [0.1, 0.15) is 17.6 Å². The number of alkyl halides is 3. The van der Waals surface area contributed by atoms with Gasteiger partial charge in [0.2, 0.25) is 5.91 Å². The van der Waals surface area contributed by atoms with Crippen LogP contribution >= 0.6 is 11.6 Å². The van der Waals surface area contributed by atoms with Crippen molar-refractivity contribution in [3.05, 3.63) is 35.5 Å². The molecule has 0 radical (unpaired) electrons. The molecule has 1 atom stereocenters. The van der Waals surface area contributed by atoms with Crippen molar-refractivity contribution < 1.29 is 26.6 Å². The van der Waals surface area contributed by atoms with Gasteiger partial charge in [-0.25, -0.2) is 19.3 Å². The molecule has 160 valence electrons. The third-order valence-corrected chi connectivity index (χ3v) is 4.19. The summed E-state index contributed by atoms with van der Waals surface area (Å²) in [6, 6.07) is 0.517. The van der Waals surface area contributed by atoms with Crippen LogP contribution in [-0.2, 0) is 4.79 Å². The van der Waals surface area contributed by atoms with Crippen molar-refractivity contribution in [1.82, 2.24) is 25.3 Å². The molecule has 29 heavy (non-hydrogen) atoms. The van der Waals surface area contributed by atoms with E-state index < -0.39 is 30.5 Å². The topological polar surface area (TPSA) is 95.6 Å². The van der Waals surface area contributed by atoms with E-state index in [1.165, 1.54) is 6.20 Å². The quantitative estimate of drug-likeness (QED) is 0.497. The molecular weight excluding hydrogens is 416 g/mol. The number of H-pyrrole nitrogens is 1. The molecule has 7 nitrogen and oxygen atoms in total. The van der Waals surface area contributed by atoms with Gasteiger partial charge in [0.25, 0.3) is 0 Å². The van der Waals surface area contributed by atoms with Crippen LogP contribution in [0.15, 0.2) is 24.7 Å². The van der Waals surface area contributed by atoms with Gasteiger partial charge in [0.15, 0.2) is 17.5 Å². The first-order valence-corrected chi connectivity index (χ1v) is 8.82. The predicted molar refractivity (Wildman–Crippen MR) is 105 cm³/mol. The molecule has 0 bridgehead atoms. The number of halogens is 5. The molecule has 12 heteroatoms. The molecule has 0 saturated carbocycles. The number of amides is 1. The third-order valence-electron chi connectivity index (χ3n) is 3.98. The number of pyridine rings is 1. The Labute approximate surface area is 171 Å². The van der Waals surface area contributed by atoms with Gasteiger partial charge in [-0.1, -0.05) is 18.5 Å². The first-order chi connectivity index (χ1) is 13.7. The SMILES string of the molecule is CC[C@@H](Nc1nc(-c2c[nH]c3ncc(Cl)cc23)ncc1F)C(=O)NCC(F)(F)F.[HH].[HH].[HH]. The fraction of sp³-hybridized carbons (Fsp3) is 0.294. The third kappa shape index (κ3) is 4.91. The van der Waals surface area contributed by atoms with Crippen molar-refractivity contribution >= 4 is 34.4 Å². The Morgan fingerprint density at radius 1 is 1.34 bits per heavy atom. The van der Waals surface area contributed by atoms with Gasteiger partial charge in [-0.2, -0.15) is 13.2 Å². The van der Waals surface area contributed by atoms with E-state index in [4.69, 9.17) is 11.6 Å². The first kappa shape index (κ1) is 20.8. The number of carbonyl (C=O) groups is 1. The van der Waals surface area contributed by atoms with Gasteiger partial charge in [0.05, 0.1) is 11.2 Å². The maximum Gasteiger partial charge on any atom is 0.405 e. The number of nitrogens with zero attached hydrogens (tertiary/aromatic N) is 3. The Kier molecular flexibility index (Phi) is 5.87. The van der Waals surface area contributed by atoms with Gasteiger partial charge in [-0.05, 0) is 12.5 Å². The summed E-state index contributed by atoms with van der Waals surface area (Å²) in [5, 5.41) is 5.29. The molecule has 0 aliphatic heterocycles. The lowest BCUT2D eigenvalue weighted by atomic mass is 10.2. The van der Waals surface area contributed by atoms with Crippen LogP contribution in [-0.4, -0.2) is 44.6 Å². The Balaban J connectivity index is 0.00000320. The van der Waals surface area contributed by atoms with Gasteiger partial charge < -0.3 is 15.6 Å². The molecule has 0 saturated heterocycles. The maximum absolute atomic E-state index is 14.2. The highest BCUT2D eigenvalue weighted by molar-refractivity contribution is 6.31. The van der Waals surface area contributed by atoms with E-state index in [1.807, 2.05) is 0 Å². The molecule has 0 unspecified atom stereocenters. The van der Waals surface area contributed by atoms with Crippen LogP contribution < -0.4 is 10.6 Å². The lowest BCUT2D eigenvalue weighted by Gasteiger charge is -2.18. The van der Waals surface area contributed by atoms with E-state index >= 15 is 0 Å². The van der Waals surface area contributed by atoms with Crippen LogP contribution in [0.4, 0.5) is 23.4 Å². The number of aromatic nitrogens is 4. The smallest absolute Gasteiger partial charge is 0.356 e. The lowest BCUT2D eigenvalue weighted by molar-refractivity contribution is -0.138. The van der Waals surface area contributed by atoms with E-state index in [0.29, 0.717) is 21.6 Å². The van der Waals surface area contributed by atoms with E-state index in [1.54, 1.807) is 24.5 Å². The number of nitrogens with one attached hydrogen (secondary N) is 3. The van der Waals surface area contributed by atoms with E-state index in [0.717, 1.165) is 6.20 Å². The average Bonchev–Trinajstić information content (AvgIpc) is 3.08. The second-order valence-electron chi connectivity index (χ2n) is 6.08. The van der Waals surface area contributed by atoms with Crippen LogP contribution in [0.5, 0.6) is 0 Å². The highest BCUT2D eigenvalue weighted by Gasteiger charge is 2.29. The summed E-state index contributed by atoms with van der Waals surface area (Å²) in [7, 11) is 0. The van der Waals surface area contributed by atoms with Crippen molar-refractivity contribution in [2.75, 3.05) is 11.9 Å². The zero-order valence-electron chi connectivity index (χ0n) is 14.9. The van der Waals surface area contributed by atoms with Crippen LogP contribution in [0.3, 0.4) is 0 Å². The minimum Gasteiger partial charge on any atom is -0.356 e. The Morgan fingerprint density at radius 2 is 2.10 bits per heavy atom. The second-order valence-corrected chi connectivity index (χ2v) is 6.52. The zero-order chi connectivity index (χ0) is 21.2. The molecule has 3 heterocycles. The number of fused-ring (bicyclic) bond motifs is 1. The van der Waals surface area contributed by atoms with Gasteiger partial charge in [-0.3, -0.25) is 4.79 Å². The molecule has 3 aromatic rings. The Morgan fingerprint density at radius 3 is 2.79 bits per heavy atom. The lowest BCUT2D eigenvalue weighted by Crippen LogP contribution is -2.43. The largest absolute Gasteiger partial charge is 0.405 e. The first-order valence-electron chi connectivity index (χ1n) is 8.44. The molecule has 0 aromatic carbocycles. The summed E-state index contributed by atoms with van der Waals surface area (Å²) in [5.74, 6) is -1.97. The van der Waals surface area contributed by atoms with Gasteiger partial charge in [0, 0.05) is 27.6 Å². The summed E-state index contributed by atoms with van der Waals surface area (Å²) in [4.78, 5) is 27.0. The number of hydrogen-bond donors (Lipinski definition) is 3.